The molecule has 0 amide bonds. The van der Waals surface area contributed by atoms with Gasteiger partial charge in [0, 0.05) is 24.0 Å². The molecule has 19 heavy (non-hydrogen) atoms. The fourth-order valence-electron chi connectivity index (χ4n) is 1.60. The van der Waals surface area contributed by atoms with Crippen molar-refractivity contribution < 1.29 is 9.90 Å². The van der Waals surface area contributed by atoms with Crippen LogP contribution in [0.25, 0.3) is 0 Å². The number of hydrogen-bond acceptors (Lipinski definition) is 7. The molecule has 0 aromatic carbocycles. The Kier molecular flexibility index (Phi) is 3.11. The zero-order chi connectivity index (χ0) is 13.2. The molecule has 1 aliphatic rings. The number of aromatic carboxylic acids is 1. The molecule has 9 heteroatoms. The smallest absolute Gasteiger partial charge is 0.358 e. The molecule has 2 aromatic rings. The molecular formula is C10H12N6O2S. The summed E-state index contributed by atoms with van der Waals surface area (Å²) in [7, 11) is 0. The van der Waals surface area contributed by atoms with Gasteiger partial charge in [0.05, 0.1) is 12.7 Å². The van der Waals surface area contributed by atoms with E-state index >= 15 is 0 Å². The quantitative estimate of drug-likeness (QED) is 0.806. The molecular weight excluding hydrogens is 268 g/mol. The molecule has 1 fully saturated rings. The first-order valence-corrected chi connectivity index (χ1v) is 6.70. The SMILES string of the molecule is O=C(O)c1cn(CCNc2nc(C3CC3)ns2)nn1. The summed E-state index contributed by atoms with van der Waals surface area (Å²) in [5, 5.41) is 19.9. The lowest BCUT2D eigenvalue weighted by Gasteiger charge is -2.00. The highest BCUT2D eigenvalue weighted by molar-refractivity contribution is 7.09. The first-order valence-electron chi connectivity index (χ1n) is 5.93. The lowest BCUT2D eigenvalue weighted by atomic mass is 10.4. The average Bonchev–Trinajstić information content (AvgIpc) is 2.94. The van der Waals surface area contributed by atoms with E-state index in [0.717, 1.165) is 11.0 Å². The monoisotopic (exact) mass is 280 g/mol. The van der Waals surface area contributed by atoms with Gasteiger partial charge in [0.1, 0.15) is 5.82 Å². The van der Waals surface area contributed by atoms with Crippen LogP contribution in [0.5, 0.6) is 0 Å². The summed E-state index contributed by atoms with van der Waals surface area (Å²) in [4.78, 5) is 15.0. The maximum atomic E-state index is 10.6. The minimum atomic E-state index is -1.07. The Morgan fingerprint density at radius 2 is 2.42 bits per heavy atom. The van der Waals surface area contributed by atoms with Gasteiger partial charge in [-0.25, -0.2) is 14.5 Å². The highest BCUT2D eigenvalue weighted by Gasteiger charge is 2.27. The third kappa shape index (κ3) is 2.87. The molecule has 3 rings (SSSR count). The predicted octanol–water partition coefficient (Wildman–Crippen LogP) is 0.817. The van der Waals surface area contributed by atoms with Crippen LogP contribution in [-0.2, 0) is 6.54 Å². The van der Waals surface area contributed by atoms with E-state index in [4.69, 9.17) is 5.11 Å². The highest BCUT2D eigenvalue weighted by Crippen LogP contribution is 2.39. The van der Waals surface area contributed by atoms with Gasteiger partial charge in [-0.15, -0.1) is 5.10 Å². The van der Waals surface area contributed by atoms with Crippen molar-refractivity contribution in [3.8, 4) is 0 Å². The number of carboxylic acids is 1. The molecule has 0 saturated heterocycles. The summed E-state index contributed by atoms with van der Waals surface area (Å²) >= 11 is 1.35. The number of carbonyl (C=O) groups is 1. The van der Waals surface area contributed by atoms with E-state index in [1.807, 2.05) is 0 Å². The number of hydrogen-bond donors (Lipinski definition) is 2. The topological polar surface area (TPSA) is 106 Å². The van der Waals surface area contributed by atoms with Crippen molar-refractivity contribution in [3.05, 3.63) is 17.7 Å². The number of rotatable bonds is 6. The Balaban J connectivity index is 1.49. The standard InChI is InChI=1S/C10H12N6O2S/c17-9(18)7-5-16(15-13-7)4-3-11-10-12-8(14-19-10)6-1-2-6/h5-6H,1-4H2,(H,17,18)(H,11,12,14). The van der Waals surface area contributed by atoms with E-state index in [1.54, 1.807) is 0 Å². The largest absolute Gasteiger partial charge is 0.476 e. The number of nitrogens with zero attached hydrogens (tertiary/aromatic N) is 5. The molecule has 8 nitrogen and oxygen atoms in total. The van der Waals surface area contributed by atoms with E-state index in [1.165, 1.54) is 35.3 Å². The van der Waals surface area contributed by atoms with Crippen LogP contribution in [0.15, 0.2) is 6.20 Å². The van der Waals surface area contributed by atoms with Gasteiger partial charge in [0.25, 0.3) is 0 Å². The van der Waals surface area contributed by atoms with Crippen molar-refractivity contribution in [2.24, 2.45) is 0 Å². The van der Waals surface area contributed by atoms with Crippen LogP contribution in [0.3, 0.4) is 0 Å². The molecule has 1 aliphatic carbocycles. The Labute approximate surface area is 112 Å². The molecule has 0 unspecified atom stereocenters. The third-order valence-corrected chi connectivity index (χ3v) is 3.45. The number of aromatic nitrogens is 5. The van der Waals surface area contributed by atoms with Crippen molar-refractivity contribution in [1.29, 1.82) is 0 Å². The van der Waals surface area contributed by atoms with Crippen LogP contribution in [0.4, 0.5) is 5.13 Å². The molecule has 2 aromatic heterocycles. The fourth-order valence-corrected chi connectivity index (χ4v) is 2.27. The normalized spacial score (nSPS) is 14.5. The van der Waals surface area contributed by atoms with Gasteiger partial charge in [-0.3, -0.25) is 0 Å². The highest BCUT2D eigenvalue weighted by atomic mass is 32.1. The Morgan fingerprint density at radius 1 is 1.58 bits per heavy atom. The zero-order valence-corrected chi connectivity index (χ0v) is 10.8. The summed E-state index contributed by atoms with van der Waals surface area (Å²) in [6, 6.07) is 0. The first-order chi connectivity index (χ1) is 9.22. The summed E-state index contributed by atoms with van der Waals surface area (Å²) in [6.07, 6.45) is 3.78. The van der Waals surface area contributed by atoms with Gasteiger partial charge < -0.3 is 10.4 Å². The second-order valence-electron chi connectivity index (χ2n) is 4.33. The van der Waals surface area contributed by atoms with Crippen molar-refractivity contribution in [1.82, 2.24) is 24.4 Å². The van der Waals surface area contributed by atoms with Gasteiger partial charge in [0.2, 0.25) is 5.13 Å². The van der Waals surface area contributed by atoms with Gasteiger partial charge >= 0.3 is 5.97 Å². The fraction of sp³-hybridized carbons (Fsp3) is 0.500. The van der Waals surface area contributed by atoms with Crippen LogP contribution in [0.1, 0.15) is 35.1 Å². The van der Waals surface area contributed by atoms with E-state index < -0.39 is 5.97 Å². The van der Waals surface area contributed by atoms with Crippen LogP contribution in [0.2, 0.25) is 0 Å². The Morgan fingerprint density at radius 3 is 3.11 bits per heavy atom. The van der Waals surface area contributed by atoms with Crippen molar-refractivity contribution in [2.45, 2.75) is 25.3 Å². The second kappa shape index (κ2) is 4.92. The third-order valence-electron chi connectivity index (χ3n) is 2.76. The summed E-state index contributed by atoms with van der Waals surface area (Å²) in [5.74, 6) is 0.416. The molecule has 0 atom stereocenters. The van der Waals surface area contributed by atoms with E-state index in [9.17, 15) is 4.79 Å². The van der Waals surface area contributed by atoms with Crippen LogP contribution < -0.4 is 5.32 Å². The van der Waals surface area contributed by atoms with E-state index in [-0.39, 0.29) is 5.69 Å². The number of anilines is 1. The maximum Gasteiger partial charge on any atom is 0.358 e. The molecule has 0 spiro atoms. The Hall–Kier alpha value is -2.03. The van der Waals surface area contributed by atoms with Crippen molar-refractivity contribution >= 4 is 22.6 Å². The zero-order valence-electron chi connectivity index (χ0n) is 9.98. The molecule has 1 saturated carbocycles. The lowest BCUT2D eigenvalue weighted by Crippen LogP contribution is -2.11. The van der Waals surface area contributed by atoms with Gasteiger partial charge in [-0.05, 0) is 12.8 Å². The van der Waals surface area contributed by atoms with Crippen LogP contribution >= 0.6 is 11.5 Å². The van der Waals surface area contributed by atoms with Crippen LogP contribution in [0, 0.1) is 0 Å². The van der Waals surface area contributed by atoms with Crippen LogP contribution in [-0.4, -0.2) is 42.0 Å². The van der Waals surface area contributed by atoms with Crippen molar-refractivity contribution in [3.63, 3.8) is 0 Å². The lowest BCUT2D eigenvalue weighted by molar-refractivity contribution is 0.0690. The van der Waals surface area contributed by atoms with E-state index in [2.05, 4.69) is 25.0 Å². The van der Waals surface area contributed by atoms with Gasteiger partial charge in [0.15, 0.2) is 5.69 Å². The van der Waals surface area contributed by atoms with Crippen molar-refractivity contribution in [2.75, 3.05) is 11.9 Å². The molecule has 0 radical (unpaired) electrons. The maximum absolute atomic E-state index is 10.6. The number of nitrogens with one attached hydrogen (secondary N) is 1. The molecule has 100 valence electrons. The Bertz CT molecular complexity index is 590. The first kappa shape index (κ1) is 12.0. The van der Waals surface area contributed by atoms with E-state index in [0.29, 0.717) is 19.0 Å². The average molecular weight is 280 g/mol. The summed E-state index contributed by atoms with van der Waals surface area (Å²) < 4.78 is 5.77. The minimum Gasteiger partial charge on any atom is -0.476 e. The second-order valence-corrected chi connectivity index (χ2v) is 5.08. The summed E-state index contributed by atoms with van der Waals surface area (Å²) in [6.45, 7) is 1.13. The van der Waals surface area contributed by atoms with Gasteiger partial charge in [-0.1, -0.05) is 5.21 Å². The number of carboxylic acid groups (broad SMARTS) is 1. The molecule has 2 N–H and O–H groups in total. The van der Waals surface area contributed by atoms with Gasteiger partial charge in [-0.2, -0.15) is 4.37 Å². The molecule has 0 bridgehead atoms. The summed E-state index contributed by atoms with van der Waals surface area (Å²) in [5.41, 5.74) is -0.0491. The molecule has 2 heterocycles. The molecule has 0 aliphatic heterocycles. The predicted molar refractivity (Wildman–Crippen MR) is 67.4 cm³/mol. The minimum absolute atomic E-state index is 0.0491.